The molecule has 0 bridgehead atoms. The molecule has 2 rings (SSSR count). The van der Waals surface area contributed by atoms with Gasteiger partial charge in [-0.3, -0.25) is 4.79 Å². The molecule has 0 saturated heterocycles. The lowest BCUT2D eigenvalue weighted by Gasteiger charge is -2.12. The molecule has 0 aliphatic rings. The molecular formula is C16H14Br2O2. The van der Waals surface area contributed by atoms with Crippen LogP contribution in [0.2, 0.25) is 0 Å². The van der Waals surface area contributed by atoms with E-state index in [1.54, 1.807) is 12.1 Å². The van der Waals surface area contributed by atoms with Gasteiger partial charge < -0.3 is 4.74 Å². The molecule has 4 heteroatoms. The van der Waals surface area contributed by atoms with Gasteiger partial charge in [-0.15, -0.1) is 0 Å². The standard InChI is InChI=1S/C16H14Br2O2/c1-10-3-11(2)5-13(4-10)9-20-16-14(17)6-12(8-19)7-15(16)18/h3-8H,9H2,1-2H3. The highest BCUT2D eigenvalue weighted by Gasteiger charge is 2.09. The topological polar surface area (TPSA) is 26.3 Å². The van der Waals surface area contributed by atoms with Crippen LogP contribution in [0, 0.1) is 13.8 Å². The summed E-state index contributed by atoms with van der Waals surface area (Å²) in [6, 6.07) is 9.83. The summed E-state index contributed by atoms with van der Waals surface area (Å²) in [5.41, 5.74) is 4.17. The van der Waals surface area contributed by atoms with Gasteiger partial charge >= 0.3 is 0 Å². The van der Waals surface area contributed by atoms with Gasteiger partial charge in [-0.05, 0) is 63.4 Å². The molecule has 0 aromatic heterocycles. The normalized spacial score (nSPS) is 10.4. The molecular weight excluding hydrogens is 384 g/mol. The van der Waals surface area contributed by atoms with Gasteiger partial charge in [-0.1, -0.05) is 29.3 Å². The van der Waals surface area contributed by atoms with Crippen molar-refractivity contribution in [2.75, 3.05) is 0 Å². The highest BCUT2D eigenvalue weighted by Crippen LogP contribution is 2.35. The summed E-state index contributed by atoms with van der Waals surface area (Å²) in [4.78, 5) is 10.8. The lowest BCUT2D eigenvalue weighted by Crippen LogP contribution is -1.98. The molecule has 2 nitrogen and oxygen atoms in total. The Labute approximate surface area is 135 Å². The second-order valence-corrected chi connectivity index (χ2v) is 6.42. The summed E-state index contributed by atoms with van der Waals surface area (Å²) in [6.45, 7) is 4.63. The van der Waals surface area contributed by atoms with Gasteiger partial charge in [0.05, 0.1) is 8.95 Å². The van der Waals surface area contributed by atoms with Gasteiger partial charge in [-0.2, -0.15) is 0 Å². The first-order chi connectivity index (χ1) is 9.49. The van der Waals surface area contributed by atoms with Crippen LogP contribution in [0.15, 0.2) is 39.3 Å². The third-order valence-corrected chi connectivity index (χ3v) is 4.00. The Hall–Kier alpha value is -1.13. The minimum Gasteiger partial charge on any atom is -0.487 e. The maximum Gasteiger partial charge on any atom is 0.150 e. The van der Waals surface area contributed by atoms with Gasteiger partial charge in [0.15, 0.2) is 0 Å². The lowest BCUT2D eigenvalue weighted by atomic mass is 10.1. The van der Waals surface area contributed by atoms with Gasteiger partial charge in [0.2, 0.25) is 0 Å². The molecule has 0 aliphatic heterocycles. The number of ether oxygens (including phenoxy) is 1. The van der Waals surface area contributed by atoms with Crippen molar-refractivity contribution in [2.45, 2.75) is 20.5 Å². The lowest BCUT2D eigenvalue weighted by molar-refractivity contribution is 0.112. The molecule has 0 N–H and O–H groups in total. The molecule has 104 valence electrons. The van der Waals surface area contributed by atoms with Gasteiger partial charge in [-0.25, -0.2) is 0 Å². The Kier molecular flexibility index (Phi) is 5.00. The van der Waals surface area contributed by atoms with E-state index in [9.17, 15) is 4.79 Å². The number of aryl methyl sites for hydroxylation is 2. The zero-order valence-corrected chi connectivity index (χ0v) is 14.4. The fourth-order valence-electron chi connectivity index (χ4n) is 2.09. The van der Waals surface area contributed by atoms with E-state index in [0.29, 0.717) is 17.9 Å². The van der Waals surface area contributed by atoms with E-state index in [1.807, 2.05) is 0 Å². The minimum absolute atomic E-state index is 0.486. The number of carbonyl (C=O) groups is 1. The van der Waals surface area contributed by atoms with E-state index in [4.69, 9.17) is 4.74 Å². The molecule has 0 unspecified atom stereocenters. The number of carbonyl (C=O) groups excluding carboxylic acids is 1. The number of rotatable bonds is 4. The second-order valence-electron chi connectivity index (χ2n) is 4.72. The molecule has 0 aliphatic carbocycles. The van der Waals surface area contributed by atoms with Crippen LogP contribution >= 0.6 is 31.9 Å². The van der Waals surface area contributed by atoms with E-state index < -0.39 is 0 Å². The maximum absolute atomic E-state index is 10.8. The minimum atomic E-state index is 0.486. The van der Waals surface area contributed by atoms with Gasteiger partial charge in [0.1, 0.15) is 18.6 Å². The monoisotopic (exact) mass is 396 g/mol. The Morgan fingerprint density at radius 1 is 1.00 bits per heavy atom. The zero-order chi connectivity index (χ0) is 14.7. The van der Waals surface area contributed by atoms with Crippen molar-refractivity contribution < 1.29 is 9.53 Å². The summed E-state index contributed by atoms with van der Waals surface area (Å²) in [5, 5.41) is 0. The first kappa shape index (κ1) is 15.3. The summed E-state index contributed by atoms with van der Waals surface area (Å²) >= 11 is 6.85. The van der Waals surface area contributed by atoms with Crippen molar-refractivity contribution in [3.05, 3.63) is 61.5 Å². The smallest absolute Gasteiger partial charge is 0.150 e. The van der Waals surface area contributed by atoms with E-state index >= 15 is 0 Å². The number of benzene rings is 2. The summed E-state index contributed by atoms with van der Waals surface area (Å²) < 4.78 is 7.38. The van der Waals surface area contributed by atoms with Gasteiger partial charge in [0, 0.05) is 5.56 Å². The van der Waals surface area contributed by atoms with Crippen molar-refractivity contribution in [3.8, 4) is 5.75 Å². The van der Waals surface area contributed by atoms with Crippen molar-refractivity contribution >= 4 is 38.1 Å². The van der Waals surface area contributed by atoms with Crippen LogP contribution in [-0.4, -0.2) is 6.29 Å². The first-order valence-electron chi connectivity index (χ1n) is 6.14. The molecule has 0 atom stereocenters. The van der Waals surface area contributed by atoms with E-state index in [1.165, 1.54) is 11.1 Å². The average molecular weight is 398 g/mol. The van der Waals surface area contributed by atoms with Crippen molar-refractivity contribution in [1.29, 1.82) is 0 Å². The highest BCUT2D eigenvalue weighted by atomic mass is 79.9. The number of aldehydes is 1. The predicted molar refractivity (Wildman–Crippen MR) is 87.5 cm³/mol. The molecule has 0 fully saturated rings. The molecule has 20 heavy (non-hydrogen) atoms. The Morgan fingerprint density at radius 2 is 1.55 bits per heavy atom. The van der Waals surface area contributed by atoms with Crippen LogP contribution < -0.4 is 4.74 Å². The average Bonchev–Trinajstić information content (AvgIpc) is 2.36. The van der Waals surface area contributed by atoms with Crippen molar-refractivity contribution in [3.63, 3.8) is 0 Å². The zero-order valence-electron chi connectivity index (χ0n) is 11.2. The van der Waals surface area contributed by atoms with Crippen molar-refractivity contribution in [2.24, 2.45) is 0 Å². The Bertz CT molecular complexity index is 608. The molecule has 0 amide bonds. The van der Waals surface area contributed by atoms with E-state index in [-0.39, 0.29) is 0 Å². The Morgan fingerprint density at radius 3 is 2.05 bits per heavy atom. The quantitative estimate of drug-likeness (QED) is 0.661. The van der Waals surface area contributed by atoms with E-state index in [0.717, 1.165) is 20.8 Å². The van der Waals surface area contributed by atoms with Gasteiger partial charge in [0.25, 0.3) is 0 Å². The number of hydrogen-bond acceptors (Lipinski definition) is 2. The van der Waals surface area contributed by atoms with Crippen molar-refractivity contribution in [1.82, 2.24) is 0 Å². The van der Waals surface area contributed by atoms with Crippen LogP contribution in [0.3, 0.4) is 0 Å². The number of halogens is 2. The Balaban J connectivity index is 2.20. The third kappa shape index (κ3) is 3.70. The molecule has 0 saturated carbocycles. The predicted octanol–water partition coefficient (Wildman–Crippen LogP) is 5.22. The summed E-state index contributed by atoms with van der Waals surface area (Å²) in [6.07, 6.45) is 0.809. The fourth-order valence-corrected chi connectivity index (χ4v) is 3.54. The molecule has 0 spiro atoms. The van der Waals surface area contributed by atoms with Crippen LogP contribution in [0.5, 0.6) is 5.75 Å². The van der Waals surface area contributed by atoms with Crippen LogP contribution in [-0.2, 0) is 6.61 Å². The highest BCUT2D eigenvalue weighted by molar-refractivity contribution is 9.11. The fraction of sp³-hybridized carbons (Fsp3) is 0.188. The van der Waals surface area contributed by atoms with Crippen LogP contribution in [0.25, 0.3) is 0 Å². The largest absolute Gasteiger partial charge is 0.487 e. The second kappa shape index (κ2) is 6.55. The summed E-state index contributed by atoms with van der Waals surface area (Å²) in [7, 11) is 0. The molecule has 0 radical (unpaired) electrons. The first-order valence-corrected chi connectivity index (χ1v) is 7.72. The molecule has 2 aromatic carbocycles. The third-order valence-electron chi connectivity index (χ3n) is 2.82. The van der Waals surface area contributed by atoms with Crippen LogP contribution in [0.4, 0.5) is 0 Å². The molecule has 0 heterocycles. The van der Waals surface area contributed by atoms with Crippen LogP contribution in [0.1, 0.15) is 27.0 Å². The summed E-state index contributed by atoms with van der Waals surface area (Å²) in [5.74, 6) is 0.703. The number of hydrogen-bond donors (Lipinski definition) is 0. The SMILES string of the molecule is Cc1cc(C)cc(COc2c(Br)cc(C=O)cc2Br)c1. The molecule has 2 aromatic rings. The maximum atomic E-state index is 10.8. The van der Waals surface area contributed by atoms with E-state index in [2.05, 4.69) is 63.9 Å².